The molecule has 0 aliphatic rings. The van der Waals surface area contributed by atoms with Crippen molar-refractivity contribution in [1.82, 2.24) is 19.9 Å². The normalized spacial score (nSPS) is 12.8. The monoisotopic (exact) mass is 237 g/mol. The number of nitrogens with two attached hydrogens (primary N) is 1. The van der Waals surface area contributed by atoms with E-state index in [1.54, 1.807) is 6.08 Å². The third kappa shape index (κ3) is 1.69. The van der Waals surface area contributed by atoms with Gasteiger partial charge in [-0.15, -0.1) is 0 Å². The Morgan fingerprint density at radius 3 is 2.88 bits per heavy atom. The number of anilines is 1. The molecule has 2 aromatic heterocycles. The van der Waals surface area contributed by atoms with Crippen LogP contribution in [0.4, 0.5) is 5.95 Å². The second-order valence-electron chi connectivity index (χ2n) is 3.05. The third-order valence-electron chi connectivity index (χ3n) is 2.02. The van der Waals surface area contributed by atoms with E-state index in [0.29, 0.717) is 27.8 Å². The lowest BCUT2D eigenvalue weighted by Crippen LogP contribution is -2.04. The first-order valence-electron chi connectivity index (χ1n) is 4.69. The number of fused-ring (bicyclic) bond motifs is 1. The fraction of sp³-hybridized carbons (Fsp3) is 0.222. The predicted octanol–water partition coefficient (Wildman–Crippen LogP) is 0.706. The lowest BCUT2D eigenvalue weighted by molar-refractivity contribution is 0.681. The Kier molecular flexibility index (Phi) is 2.69. The van der Waals surface area contributed by atoms with E-state index in [2.05, 4.69) is 26.5 Å². The van der Waals surface area contributed by atoms with Gasteiger partial charge in [0, 0.05) is 5.75 Å². The molecule has 2 heterocycles. The zero-order chi connectivity index (χ0) is 11.7. The highest BCUT2D eigenvalue weighted by atomic mass is 32.2. The Bertz CT molecular complexity index is 577. The highest BCUT2D eigenvalue weighted by Gasteiger charge is 2.14. The van der Waals surface area contributed by atoms with Crippen molar-refractivity contribution >= 4 is 34.0 Å². The fourth-order valence-electron chi connectivity index (χ4n) is 1.30. The van der Waals surface area contributed by atoms with Crippen molar-refractivity contribution in [2.75, 3.05) is 11.5 Å². The van der Waals surface area contributed by atoms with Crippen LogP contribution in [0.1, 0.15) is 12.7 Å². The number of rotatable bonds is 3. The maximum Gasteiger partial charge on any atom is 0.223 e. The molecule has 0 amide bonds. The van der Waals surface area contributed by atoms with Crippen molar-refractivity contribution in [2.24, 2.45) is 0 Å². The van der Waals surface area contributed by atoms with Crippen molar-refractivity contribution in [3.63, 3.8) is 0 Å². The summed E-state index contributed by atoms with van der Waals surface area (Å²) in [5.74, 6) is 1.10. The standard InChI is InChI=1S/C9H11N5OS/c1-3-5-11-6-7(12-5)13-9(10)14-8(6)16(15)4-2/h3H,1,4H2,2H3,(H3,10,11,12,13,14). The second-order valence-corrected chi connectivity index (χ2v) is 4.70. The lowest BCUT2D eigenvalue weighted by Gasteiger charge is -2.00. The van der Waals surface area contributed by atoms with Crippen LogP contribution in [0.15, 0.2) is 11.6 Å². The van der Waals surface area contributed by atoms with Crippen molar-refractivity contribution in [3.8, 4) is 0 Å². The van der Waals surface area contributed by atoms with E-state index in [0.717, 1.165) is 0 Å². The van der Waals surface area contributed by atoms with Gasteiger partial charge in [-0.25, -0.2) is 9.97 Å². The van der Waals surface area contributed by atoms with Gasteiger partial charge in [0.1, 0.15) is 11.3 Å². The molecule has 0 spiro atoms. The van der Waals surface area contributed by atoms with Gasteiger partial charge < -0.3 is 10.7 Å². The summed E-state index contributed by atoms with van der Waals surface area (Å²) < 4.78 is 11.8. The van der Waals surface area contributed by atoms with Crippen LogP contribution >= 0.6 is 0 Å². The van der Waals surface area contributed by atoms with E-state index in [1.807, 2.05) is 6.92 Å². The average molecular weight is 237 g/mol. The smallest absolute Gasteiger partial charge is 0.223 e. The first-order chi connectivity index (χ1) is 7.65. The van der Waals surface area contributed by atoms with Crippen LogP contribution in [-0.2, 0) is 10.8 Å². The molecule has 16 heavy (non-hydrogen) atoms. The van der Waals surface area contributed by atoms with Crippen LogP contribution in [0, 0.1) is 0 Å². The number of nitrogens with one attached hydrogen (secondary N) is 1. The first kappa shape index (κ1) is 10.7. The molecule has 0 bridgehead atoms. The van der Waals surface area contributed by atoms with Crippen LogP contribution in [0.3, 0.4) is 0 Å². The molecule has 3 N–H and O–H groups in total. The number of nitrogen functional groups attached to an aromatic ring is 1. The van der Waals surface area contributed by atoms with Crippen molar-refractivity contribution in [2.45, 2.75) is 11.9 Å². The Balaban J connectivity index is 2.75. The molecule has 0 radical (unpaired) electrons. The molecule has 0 saturated carbocycles. The van der Waals surface area contributed by atoms with E-state index in [-0.39, 0.29) is 5.95 Å². The van der Waals surface area contributed by atoms with E-state index in [9.17, 15) is 4.21 Å². The number of hydrogen-bond donors (Lipinski definition) is 2. The van der Waals surface area contributed by atoms with Crippen molar-refractivity contribution < 1.29 is 4.21 Å². The van der Waals surface area contributed by atoms with Crippen LogP contribution in [0.2, 0.25) is 0 Å². The summed E-state index contributed by atoms with van der Waals surface area (Å²) in [6.45, 7) is 5.40. The Labute approximate surface area is 94.5 Å². The number of hydrogen-bond acceptors (Lipinski definition) is 5. The van der Waals surface area contributed by atoms with Gasteiger partial charge in [-0.05, 0) is 6.08 Å². The summed E-state index contributed by atoms with van der Waals surface area (Å²) in [6.07, 6.45) is 1.55. The summed E-state index contributed by atoms with van der Waals surface area (Å²) in [4.78, 5) is 15.0. The molecule has 1 unspecified atom stereocenters. The number of H-pyrrole nitrogens is 1. The molecule has 1 atom stereocenters. The van der Waals surface area contributed by atoms with E-state index in [1.165, 1.54) is 0 Å². The van der Waals surface area contributed by atoms with Gasteiger partial charge in [-0.3, -0.25) is 4.21 Å². The SMILES string of the molecule is C=Cc1nc2nc(N)nc(S(=O)CC)c2[nH]1. The number of nitrogens with zero attached hydrogens (tertiary/aromatic N) is 3. The molecule has 84 valence electrons. The molecule has 0 saturated heterocycles. The minimum atomic E-state index is -1.20. The second kappa shape index (κ2) is 4.01. The maximum absolute atomic E-state index is 11.8. The van der Waals surface area contributed by atoms with Gasteiger partial charge in [0.2, 0.25) is 5.95 Å². The maximum atomic E-state index is 11.8. The number of imidazole rings is 1. The van der Waals surface area contributed by atoms with E-state index in [4.69, 9.17) is 5.73 Å². The molecule has 0 aliphatic heterocycles. The Morgan fingerprint density at radius 2 is 2.25 bits per heavy atom. The molecule has 0 fully saturated rings. The van der Waals surface area contributed by atoms with Gasteiger partial charge in [0.15, 0.2) is 10.7 Å². The van der Waals surface area contributed by atoms with Crippen molar-refractivity contribution in [1.29, 1.82) is 0 Å². The quantitative estimate of drug-likeness (QED) is 0.766. The van der Waals surface area contributed by atoms with Gasteiger partial charge in [-0.1, -0.05) is 13.5 Å². The highest BCUT2D eigenvalue weighted by Crippen LogP contribution is 2.18. The Hall–Kier alpha value is -1.76. The summed E-state index contributed by atoms with van der Waals surface area (Å²) >= 11 is 0. The highest BCUT2D eigenvalue weighted by molar-refractivity contribution is 7.85. The molecular formula is C9H11N5OS. The fourth-order valence-corrected chi connectivity index (χ4v) is 2.14. The van der Waals surface area contributed by atoms with Gasteiger partial charge in [-0.2, -0.15) is 4.98 Å². The van der Waals surface area contributed by atoms with E-state index < -0.39 is 10.8 Å². The first-order valence-corrected chi connectivity index (χ1v) is 6.01. The predicted molar refractivity (Wildman–Crippen MR) is 63.1 cm³/mol. The zero-order valence-electron chi connectivity index (χ0n) is 8.73. The molecule has 6 nitrogen and oxygen atoms in total. The molecule has 0 aliphatic carbocycles. The van der Waals surface area contributed by atoms with Crippen LogP contribution in [0.5, 0.6) is 0 Å². The van der Waals surface area contributed by atoms with Crippen LogP contribution in [0.25, 0.3) is 17.2 Å². The summed E-state index contributed by atoms with van der Waals surface area (Å²) in [6, 6.07) is 0. The summed E-state index contributed by atoms with van der Waals surface area (Å²) in [5, 5.41) is 0.394. The van der Waals surface area contributed by atoms with E-state index >= 15 is 0 Å². The van der Waals surface area contributed by atoms with Gasteiger partial charge in [0.25, 0.3) is 0 Å². The zero-order valence-corrected chi connectivity index (χ0v) is 9.54. The third-order valence-corrected chi connectivity index (χ3v) is 3.28. The molecule has 2 aromatic rings. The molecule has 2 rings (SSSR count). The topological polar surface area (TPSA) is 97.5 Å². The summed E-state index contributed by atoms with van der Waals surface area (Å²) in [7, 11) is -1.20. The van der Waals surface area contributed by atoms with Gasteiger partial charge in [0.05, 0.1) is 10.8 Å². The molecular weight excluding hydrogens is 226 g/mol. The van der Waals surface area contributed by atoms with Gasteiger partial charge >= 0.3 is 0 Å². The minimum Gasteiger partial charge on any atom is -0.368 e. The van der Waals surface area contributed by atoms with Crippen LogP contribution < -0.4 is 5.73 Å². The lowest BCUT2D eigenvalue weighted by atomic mass is 10.5. The van der Waals surface area contributed by atoms with Crippen LogP contribution in [-0.4, -0.2) is 29.9 Å². The largest absolute Gasteiger partial charge is 0.368 e. The molecule has 7 heteroatoms. The minimum absolute atomic E-state index is 0.0754. The average Bonchev–Trinajstić information content (AvgIpc) is 2.69. The summed E-state index contributed by atoms with van der Waals surface area (Å²) in [5.41, 5.74) is 6.51. The van der Waals surface area contributed by atoms with Crippen molar-refractivity contribution in [3.05, 3.63) is 12.4 Å². The number of aromatic nitrogens is 4. The Morgan fingerprint density at radius 1 is 1.50 bits per heavy atom. The molecule has 0 aromatic carbocycles. The number of aromatic amines is 1.